The van der Waals surface area contributed by atoms with Gasteiger partial charge in [0, 0.05) is 12.4 Å². The highest BCUT2D eigenvalue weighted by atomic mass is 35.5. The fourth-order valence-corrected chi connectivity index (χ4v) is 4.29. The van der Waals surface area contributed by atoms with Gasteiger partial charge in [-0.25, -0.2) is 0 Å². The molecule has 0 spiro atoms. The number of alkyl halides is 1. The van der Waals surface area contributed by atoms with Crippen molar-refractivity contribution in [1.82, 2.24) is 10.6 Å². The highest BCUT2D eigenvalue weighted by Crippen LogP contribution is 2.29. The Bertz CT molecular complexity index is 521. The van der Waals surface area contributed by atoms with Gasteiger partial charge in [0.1, 0.15) is 23.7 Å². The average molecular weight is 453 g/mol. The number of amides is 1. The number of ether oxygens (including phenoxy) is 1. The van der Waals surface area contributed by atoms with Crippen LogP contribution in [0.15, 0.2) is 11.6 Å². The third-order valence-corrected chi connectivity index (χ3v) is 6.10. The number of hydrogen-bond donors (Lipinski definition) is 5. The van der Waals surface area contributed by atoms with E-state index in [1.807, 2.05) is 0 Å². The molecular weight excluding hydrogens is 416 g/mol. The van der Waals surface area contributed by atoms with Crippen molar-refractivity contribution >= 4 is 29.3 Å². The largest absolute Gasteiger partial charge is 0.388 e. The maximum absolute atomic E-state index is 11.4. The van der Waals surface area contributed by atoms with E-state index in [4.69, 9.17) is 16.3 Å². The van der Waals surface area contributed by atoms with Crippen LogP contribution in [0.3, 0.4) is 0 Å². The molecule has 2 aliphatic heterocycles. The summed E-state index contributed by atoms with van der Waals surface area (Å²) in [6.07, 6.45) is 4.90. The zero-order valence-corrected chi connectivity index (χ0v) is 19.4. The Kier molecular flexibility index (Phi) is 12.7. The van der Waals surface area contributed by atoms with Crippen molar-refractivity contribution < 1.29 is 24.9 Å². The van der Waals surface area contributed by atoms with Gasteiger partial charge in [-0.3, -0.25) is 4.79 Å². The van der Waals surface area contributed by atoms with Crippen molar-refractivity contribution in [3.05, 3.63) is 11.6 Å². The van der Waals surface area contributed by atoms with Crippen LogP contribution in [-0.4, -0.2) is 82.3 Å². The number of aliphatic hydroxyl groups excluding tert-OH is 3. The minimum Gasteiger partial charge on any atom is -0.388 e. The summed E-state index contributed by atoms with van der Waals surface area (Å²) < 4.78 is 5.46. The summed E-state index contributed by atoms with van der Waals surface area (Å²) in [5, 5.41) is 34.6. The highest BCUT2D eigenvalue weighted by Gasteiger charge is 2.43. The van der Waals surface area contributed by atoms with Crippen LogP contribution in [-0.2, 0) is 9.53 Å². The first-order valence-electron chi connectivity index (χ1n) is 10.2. The van der Waals surface area contributed by atoms with Gasteiger partial charge in [-0.1, -0.05) is 25.0 Å². The normalized spacial score (nSPS) is 33.6. The van der Waals surface area contributed by atoms with E-state index >= 15 is 0 Å². The van der Waals surface area contributed by atoms with Crippen LogP contribution < -0.4 is 10.6 Å². The highest BCUT2D eigenvalue weighted by molar-refractivity contribution is 7.99. The molecular formula is C20H37ClN2O5S. The number of carbonyl (C=O) groups is 1. The van der Waals surface area contributed by atoms with Crippen LogP contribution in [0.1, 0.15) is 46.0 Å². The fraction of sp³-hybridized carbons (Fsp3) is 0.850. The van der Waals surface area contributed by atoms with Gasteiger partial charge in [0.05, 0.1) is 12.1 Å². The van der Waals surface area contributed by atoms with Crippen molar-refractivity contribution in [3.8, 4) is 0 Å². The smallest absolute Gasteiger partial charge is 0.237 e. The molecule has 7 atom stereocenters. The molecule has 0 bridgehead atoms. The molecule has 170 valence electrons. The van der Waals surface area contributed by atoms with Crippen LogP contribution in [0.5, 0.6) is 0 Å². The molecule has 9 heteroatoms. The lowest BCUT2D eigenvalue weighted by Crippen LogP contribution is -2.56. The number of nitrogens with one attached hydrogen (secondary N) is 2. The number of rotatable bonds is 6. The van der Waals surface area contributed by atoms with Crippen LogP contribution in [0.2, 0.25) is 0 Å². The predicted molar refractivity (Wildman–Crippen MR) is 118 cm³/mol. The molecule has 0 radical (unpaired) electrons. The molecule has 0 aromatic carbocycles. The third kappa shape index (κ3) is 8.73. The first-order chi connectivity index (χ1) is 13.7. The predicted octanol–water partition coefficient (Wildman–Crippen LogP) is 1.39. The summed E-state index contributed by atoms with van der Waals surface area (Å²) in [7, 11) is 1.69. The number of carbonyl (C=O) groups excluding carboxylic acids is 1. The molecule has 1 unspecified atom stereocenters. The van der Waals surface area contributed by atoms with E-state index in [2.05, 4.69) is 23.6 Å². The second kappa shape index (κ2) is 13.9. The molecule has 5 N–H and O–H groups in total. The molecule has 2 aliphatic rings. The number of thioether (sulfide) groups is 1. The third-order valence-electron chi connectivity index (χ3n) is 5.07. The fourth-order valence-electron chi connectivity index (χ4n) is 3.43. The van der Waals surface area contributed by atoms with Gasteiger partial charge < -0.3 is 30.7 Å². The van der Waals surface area contributed by atoms with Crippen LogP contribution in [0, 0.1) is 0 Å². The molecule has 1 amide bonds. The zero-order valence-electron chi connectivity index (χ0n) is 17.8. The van der Waals surface area contributed by atoms with E-state index in [1.165, 1.54) is 30.2 Å². The maximum atomic E-state index is 11.4. The molecule has 0 aromatic rings. The minimum absolute atomic E-state index is 0.0330. The van der Waals surface area contributed by atoms with E-state index in [9.17, 15) is 20.1 Å². The van der Waals surface area contributed by atoms with Gasteiger partial charge in [-0.05, 0) is 45.4 Å². The van der Waals surface area contributed by atoms with Crippen LogP contribution >= 0.6 is 23.4 Å². The van der Waals surface area contributed by atoms with E-state index in [0.717, 1.165) is 19.4 Å². The maximum Gasteiger partial charge on any atom is 0.237 e. The van der Waals surface area contributed by atoms with Gasteiger partial charge in [0.25, 0.3) is 0 Å². The molecule has 0 aromatic heterocycles. The van der Waals surface area contributed by atoms with Gasteiger partial charge >= 0.3 is 0 Å². The lowest BCUT2D eigenvalue weighted by molar-refractivity contribution is -0.198. The van der Waals surface area contributed by atoms with Crippen molar-refractivity contribution in [2.24, 2.45) is 0 Å². The Balaban J connectivity index is 0.000000291. The first kappa shape index (κ1) is 26.7. The molecule has 1 fully saturated rings. The van der Waals surface area contributed by atoms with E-state index in [-0.39, 0.29) is 17.3 Å². The summed E-state index contributed by atoms with van der Waals surface area (Å²) in [4.78, 5) is 11.4. The summed E-state index contributed by atoms with van der Waals surface area (Å²) in [5.41, 5.74) is 0.982. The standard InChI is InChI=1S/C11H20N2O.C9H17ClO4S/c1-3-4-9-5-6-10(11(14)12-2)13-8-7-9;1-4(10)3-5-6(11)7(12)8(13)9(14-5)15-2/h5,10,13H,3-4,6-8H2,1-2H3,(H,12,14);4-9,11-13H,3H2,1-2H3/t10-;4-,5?,6-,7-,8+,9+/m00/s1. The minimum atomic E-state index is -1.17. The Morgan fingerprint density at radius 3 is 2.62 bits per heavy atom. The first-order valence-corrected chi connectivity index (χ1v) is 12.0. The summed E-state index contributed by atoms with van der Waals surface area (Å²) in [6.45, 7) is 4.91. The van der Waals surface area contributed by atoms with Crippen molar-refractivity contribution in [2.75, 3.05) is 19.8 Å². The van der Waals surface area contributed by atoms with Gasteiger partial charge in [-0.15, -0.1) is 23.4 Å². The van der Waals surface area contributed by atoms with Crippen LogP contribution in [0.4, 0.5) is 0 Å². The van der Waals surface area contributed by atoms with Gasteiger partial charge in [-0.2, -0.15) is 0 Å². The molecule has 1 saturated heterocycles. The zero-order chi connectivity index (χ0) is 22.0. The Morgan fingerprint density at radius 2 is 2.07 bits per heavy atom. The Hall–Kier alpha value is -0.350. The molecule has 0 aliphatic carbocycles. The summed E-state index contributed by atoms with van der Waals surface area (Å²) in [5.74, 6) is 0.0963. The average Bonchev–Trinajstić information content (AvgIpc) is 2.94. The second-order valence-electron chi connectivity index (χ2n) is 7.49. The SMILES string of the molecule is CCCC1=CC[C@@H](C(=O)NC)NCC1.CS[C@H]1OC(C[C@H](C)Cl)[C@H](O)[C@H](O)[C@H]1O. The van der Waals surface area contributed by atoms with Crippen molar-refractivity contribution in [1.29, 1.82) is 0 Å². The van der Waals surface area contributed by atoms with E-state index < -0.39 is 29.9 Å². The quantitative estimate of drug-likeness (QED) is 0.306. The Labute approximate surface area is 183 Å². The summed E-state index contributed by atoms with van der Waals surface area (Å²) >= 11 is 7.11. The summed E-state index contributed by atoms with van der Waals surface area (Å²) in [6, 6.07) is -0.0330. The van der Waals surface area contributed by atoms with E-state index in [1.54, 1.807) is 20.2 Å². The molecule has 29 heavy (non-hydrogen) atoms. The number of aliphatic hydroxyl groups is 3. The monoisotopic (exact) mass is 452 g/mol. The van der Waals surface area contributed by atoms with E-state index in [0.29, 0.717) is 6.42 Å². The molecule has 2 rings (SSSR count). The lowest BCUT2D eigenvalue weighted by atomic mass is 9.97. The molecule has 0 saturated carbocycles. The Morgan fingerprint density at radius 1 is 1.38 bits per heavy atom. The second-order valence-corrected chi connectivity index (χ2v) is 9.17. The topological polar surface area (TPSA) is 111 Å². The van der Waals surface area contributed by atoms with Crippen molar-refractivity contribution in [2.45, 2.75) is 87.2 Å². The number of likely N-dealkylation sites (N-methyl/N-ethyl adjacent to an activating group) is 1. The number of halogens is 1. The molecule has 7 nitrogen and oxygen atoms in total. The lowest BCUT2D eigenvalue weighted by Gasteiger charge is -2.40. The van der Waals surface area contributed by atoms with Crippen molar-refractivity contribution in [3.63, 3.8) is 0 Å². The molecule has 2 heterocycles. The van der Waals surface area contributed by atoms with Gasteiger partial charge in [0.2, 0.25) is 5.91 Å². The van der Waals surface area contributed by atoms with Gasteiger partial charge in [0.15, 0.2) is 0 Å². The van der Waals surface area contributed by atoms with Crippen LogP contribution in [0.25, 0.3) is 0 Å². The number of hydrogen-bond acceptors (Lipinski definition) is 7.